The van der Waals surface area contributed by atoms with Crippen molar-refractivity contribution in [2.75, 3.05) is 18.4 Å². The lowest BCUT2D eigenvalue weighted by Crippen LogP contribution is -2.32. The standard InChI is InChI=1S/C18H19N7O/c1-13-5-7-15(8-6-13)25-18(21-22-23-25)20-14-9-11-24(12-14)17(26)16-4-2-3-10-19-16/h2-8,10,14H,9,11-12H2,1H3,(H,20,21,23). The molecule has 1 aliphatic rings. The third-order valence-corrected chi connectivity index (χ3v) is 4.44. The molecule has 0 spiro atoms. The Balaban J connectivity index is 1.44. The molecule has 0 aliphatic carbocycles. The van der Waals surface area contributed by atoms with Gasteiger partial charge in [-0.15, -0.1) is 0 Å². The van der Waals surface area contributed by atoms with Gasteiger partial charge >= 0.3 is 0 Å². The van der Waals surface area contributed by atoms with Gasteiger partial charge in [-0.1, -0.05) is 28.9 Å². The zero-order valence-corrected chi connectivity index (χ0v) is 14.4. The first-order valence-electron chi connectivity index (χ1n) is 8.53. The van der Waals surface area contributed by atoms with E-state index in [1.807, 2.05) is 37.3 Å². The third kappa shape index (κ3) is 3.26. The third-order valence-electron chi connectivity index (χ3n) is 4.44. The van der Waals surface area contributed by atoms with Gasteiger partial charge in [0.1, 0.15) is 5.69 Å². The number of nitrogens with one attached hydrogen (secondary N) is 1. The van der Waals surface area contributed by atoms with Crippen LogP contribution in [0.3, 0.4) is 0 Å². The molecule has 1 aromatic carbocycles. The number of amides is 1. The van der Waals surface area contributed by atoms with Crippen LogP contribution < -0.4 is 5.32 Å². The molecule has 4 rings (SSSR count). The Bertz CT molecular complexity index is 891. The van der Waals surface area contributed by atoms with E-state index in [0.717, 1.165) is 12.1 Å². The first-order chi connectivity index (χ1) is 12.7. The molecule has 1 fully saturated rings. The lowest BCUT2D eigenvalue weighted by Gasteiger charge is -2.17. The number of anilines is 1. The number of aryl methyl sites for hydroxylation is 1. The van der Waals surface area contributed by atoms with Gasteiger partial charge in [0.15, 0.2) is 0 Å². The fourth-order valence-electron chi connectivity index (χ4n) is 3.03. The highest BCUT2D eigenvalue weighted by Gasteiger charge is 2.28. The summed E-state index contributed by atoms with van der Waals surface area (Å²) in [5, 5.41) is 15.3. The summed E-state index contributed by atoms with van der Waals surface area (Å²) >= 11 is 0. The number of tetrazole rings is 1. The topological polar surface area (TPSA) is 88.8 Å². The van der Waals surface area contributed by atoms with Crippen molar-refractivity contribution in [1.29, 1.82) is 0 Å². The van der Waals surface area contributed by atoms with Gasteiger partial charge in [-0.3, -0.25) is 9.78 Å². The number of nitrogens with zero attached hydrogens (tertiary/aromatic N) is 6. The first-order valence-corrected chi connectivity index (χ1v) is 8.53. The number of benzene rings is 1. The highest BCUT2D eigenvalue weighted by molar-refractivity contribution is 5.92. The maximum Gasteiger partial charge on any atom is 0.272 e. The maximum atomic E-state index is 12.5. The van der Waals surface area contributed by atoms with E-state index in [0.29, 0.717) is 24.7 Å². The van der Waals surface area contributed by atoms with Crippen molar-refractivity contribution in [3.63, 3.8) is 0 Å². The summed E-state index contributed by atoms with van der Waals surface area (Å²) < 4.78 is 1.67. The molecular formula is C18H19N7O. The van der Waals surface area contributed by atoms with E-state index in [1.165, 1.54) is 5.56 Å². The number of carbonyl (C=O) groups excluding carboxylic acids is 1. The van der Waals surface area contributed by atoms with Crippen molar-refractivity contribution in [2.45, 2.75) is 19.4 Å². The molecule has 1 saturated heterocycles. The monoisotopic (exact) mass is 349 g/mol. The number of hydrogen-bond donors (Lipinski definition) is 1. The molecular weight excluding hydrogens is 330 g/mol. The molecule has 1 amide bonds. The van der Waals surface area contributed by atoms with Crippen LogP contribution in [0.4, 0.5) is 5.95 Å². The summed E-state index contributed by atoms with van der Waals surface area (Å²) in [6, 6.07) is 13.4. The van der Waals surface area contributed by atoms with Gasteiger partial charge in [0.2, 0.25) is 5.95 Å². The van der Waals surface area contributed by atoms with Crippen LogP contribution in [0.5, 0.6) is 0 Å². The molecule has 1 aliphatic heterocycles. The van der Waals surface area contributed by atoms with Crippen LogP contribution in [0.25, 0.3) is 5.69 Å². The molecule has 132 valence electrons. The zero-order valence-electron chi connectivity index (χ0n) is 14.4. The van der Waals surface area contributed by atoms with Gasteiger partial charge < -0.3 is 10.2 Å². The normalized spacial score (nSPS) is 16.7. The summed E-state index contributed by atoms with van der Waals surface area (Å²) in [6.07, 6.45) is 2.47. The van der Waals surface area contributed by atoms with Crippen LogP contribution in [0.15, 0.2) is 48.7 Å². The van der Waals surface area contributed by atoms with Crippen LogP contribution in [0.1, 0.15) is 22.5 Å². The molecule has 3 aromatic rings. The van der Waals surface area contributed by atoms with Crippen molar-refractivity contribution in [3.05, 3.63) is 59.9 Å². The summed E-state index contributed by atoms with van der Waals surface area (Å²) in [6.45, 7) is 3.31. The Morgan fingerprint density at radius 2 is 2.04 bits per heavy atom. The minimum atomic E-state index is -0.0481. The molecule has 3 heterocycles. The molecule has 8 heteroatoms. The summed E-state index contributed by atoms with van der Waals surface area (Å²) in [5.41, 5.74) is 2.54. The smallest absolute Gasteiger partial charge is 0.272 e. The van der Waals surface area contributed by atoms with E-state index in [2.05, 4.69) is 25.8 Å². The van der Waals surface area contributed by atoms with Crippen LogP contribution >= 0.6 is 0 Å². The van der Waals surface area contributed by atoms with E-state index < -0.39 is 0 Å². The Kier molecular flexibility index (Phi) is 4.30. The predicted molar refractivity (Wildman–Crippen MR) is 96.1 cm³/mol. The van der Waals surface area contributed by atoms with Crippen molar-refractivity contribution in [3.8, 4) is 5.69 Å². The van der Waals surface area contributed by atoms with Crippen LogP contribution in [-0.2, 0) is 0 Å². The Hall–Kier alpha value is -3.29. The second-order valence-electron chi connectivity index (χ2n) is 6.35. The van der Waals surface area contributed by atoms with E-state index in [1.54, 1.807) is 27.9 Å². The first kappa shape index (κ1) is 16.2. The van der Waals surface area contributed by atoms with Crippen molar-refractivity contribution >= 4 is 11.9 Å². The summed E-state index contributed by atoms with van der Waals surface area (Å²) in [7, 11) is 0. The molecule has 0 bridgehead atoms. The molecule has 2 aromatic heterocycles. The van der Waals surface area contributed by atoms with Gasteiger partial charge in [0.05, 0.1) is 5.69 Å². The lowest BCUT2D eigenvalue weighted by molar-refractivity contribution is 0.0786. The largest absolute Gasteiger partial charge is 0.348 e. The van der Waals surface area contributed by atoms with Gasteiger partial charge in [-0.25, -0.2) is 0 Å². The fraction of sp³-hybridized carbons (Fsp3) is 0.278. The molecule has 0 radical (unpaired) electrons. The van der Waals surface area contributed by atoms with E-state index in [4.69, 9.17) is 0 Å². The number of aromatic nitrogens is 5. The molecule has 1 unspecified atom stereocenters. The van der Waals surface area contributed by atoms with Gasteiger partial charge in [-0.2, -0.15) is 4.68 Å². The van der Waals surface area contributed by atoms with E-state index >= 15 is 0 Å². The van der Waals surface area contributed by atoms with E-state index in [-0.39, 0.29) is 11.9 Å². The number of rotatable bonds is 4. The zero-order chi connectivity index (χ0) is 17.9. The number of hydrogen-bond acceptors (Lipinski definition) is 6. The van der Waals surface area contributed by atoms with Gasteiger partial charge in [-0.05, 0) is 48.0 Å². The minimum Gasteiger partial charge on any atom is -0.348 e. The lowest BCUT2D eigenvalue weighted by atomic mass is 10.2. The van der Waals surface area contributed by atoms with Crippen LogP contribution in [0.2, 0.25) is 0 Å². The highest BCUT2D eigenvalue weighted by Crippen LogP contribution is 2.18. The summed E-state index contributed by atoms with van der Waals surface area (Å²) in [4.78, 5) is 18.4. The molecule has 26 heavy (non-hydrogen) atoms. The SMILES string of the molecule is Cc1ccc(-n2nnnc2NC2CCN(C(=O)c3ccccn3)C2)cc1. The fourth-order valence-corrected chi connectivity index (χ4v) is 3.03. The predicted octanol–water partition coefficient (Wildman–Crippen LogP) is 1.69. The molecule has 0 saturated carbocycles. The number of likely N-dealkylation sites (tertiary alicyclic amines) is 1. The van der Waals surface area contributed by atoms with Crippen molar-refractivity contribution < 1.29 is 4.79 Å². The van der Waals surface area contributed by atoms with Crippen molar-refractivity contribution in [2.24, 2.45) is 0 Å². The minimum absolute atomic E-state index is 0.0481. The van der Waals surface area contributed by atoms with Crippen molar-refractivity contribution in [1.82, 2.24) is 30.1 Å². The van der Waals surface area contributed by atoms with E-state index in [9.17, 15) is 4.79 Å². The molecule has 1 atom stereocenters. The van der Waals surface area contributed by atoms with Gasteiger partial charge in [0.25, 0.3) is 5.91 Å². The van der Waals surface area contributed by atoms with Crippen LogP contribution in [-0.4, -0.2) is 55.1 Å². The maximum absolute atomic E-state index is 12.5. The number of pyridine rings is 1. The Morgan fingerprint density at radius 3 is 2.81 bits per heavy atom. The van der Waals surface area contributed by atoms with Gasteiger partial charge in [0, 0.05) is 25.3 Å². The molecule has 1 N–H and O–H groups in total. The average molecular weight is 349 g/mol. The average Bonchev–Trinajstić information content (AvgIpc) is 3.33. The summed E-state index contributed by atoms with van der Waals surface area (Å²) in [5.74, 6) is 0.527. The second kappa shape index (κ2) is 6.91. The second-order valence-corrected chi connectivity index (χ2v) is 6.35. The Labute approximate surface area is 150 Å². The van der Waals surface area contributed by atoms with Crippen LogP contribution in [0, 0.1) is 6.92 Å². The quantitative estimate of drug-likeness (QED) is 0.771. The molecule has 8 nitrogen and oxygen atoms in total. The number of carbonyl (C=O) groups is 1. The highest BCUT2D eigenvalue weighted by atomic mass is 16.2. The Morgan fingerprint density at radius 1 is 1.19 bits per heavy atom.